The van der Waals surface area contributed by atoms with Crippen molar-refractivity contribution < 1.29 is 14.3 Å². The fraction of sp³-hybridized carbons (Fsp3) is 0.154. The summed E-state index contributed by atoms with van der Waals surface area (Å²) in [6.07, 6.45) is 2.20. The lowest BCUT2D eigenvalue weighted by molar-refractivity contribution is 0.0954. The second-order valence-corrected chi connectivity index (χ2v) is 3.86. The molecule has 1 heterocycles. The summed E-state index contributed by atoms with van der Waals surface area (Å²) in [7, 11) is 0. The minimum atomic E-state index is -0.310. The number of phenols is 1. The van der Waals surface area contributed by atoms with E-state index in [0.29, 0.717) is 18.7 Å². The second kappa shape index (κ2) is 5.27. The van der Waals surface area contributed by atoms with Gasteiger partial charge >= 0.3 is 0 Å². The molecule has 0 spiro atoms. The lowest BCUT2D eigenvalue weighted by atomic mass is 10.1. The number of carbonyl (C=O) groups is 1. The average molecular weight is 246 g/mol. The van der Waals surface area contributed by atoms with Crippen molar-refractivity contribution in [3.05, 3.63) is 47.9 Å². The van der Waals surface area contributed by atoms with Gasteiger partial charge in [0.2, 0.25) is 0 Å². The van der Waals surface area contributed by atoms with Gasteiger partial charge in [-0.25, -0.2) is 0 Å². The molecule has 0 bridgehead atoms. The van der Waals surface area contributed by atoms with E-state index in [1.54, 1.807) is 12.3 Å². The van der Waals surface area contributed by atoms with Gasteiger partial charge in [-0.05, 0) is 30.3 Å². The molecular weight excluding hydrogens is 232 g/mol. The van der Waals surface area contributed by atoms with Crippen LogP contribution in [0.4, 0.5) is 5.69 Å². The molecule has 1 aromatic carbocycles. The number of nitrogen functional groups attached to an aromatic ring is 1. The quantitative estimate of drug-likeness (QED) is 0.564. The van der Waals surface area contributed by atoms with E-state index in [0.717, 1.165) is 5.76 Å². The van der Waals surface area contributed by atoms with E-state index in [1.165, 1.54) is 18.2 Å². The number of hydrogen-bond donors (Lipinski definition) is 3. The van der Waals surface area contributed by atoms with Crippen LogP contribution in [0.1, 0.15) is 16.1 Å². The minimum absolute atomic E-state index is 0.0142. The Morgan fingerprint density at radius 2 is 2.22 bits per heavy atom. The Morgan fingerprint density at radius 3 is 2.94 bits per heavy atom. The van der Waals surface area contributed by atoms with Crippen LogP contribution in [0.25, 0.3) is 0 Å². The molecule has 4 N–H and O–H groups in total. The molecule has 5 nitrogen and oxygen atoms in total. The maximum atomic E-state index is 11.8. The molecule has 94 valence electrons. The molecule has 18 heavy (non-hydrogen) atoms. The summed E-state index contributed by atoms with van der Waals surface area (Å²) in [5.74, 6) is 0.509. The van der Waals surface area contributed by atoms with Crippen molar-refractivity contribution in [2.75, 3.05) is 12.3 Å². The normalized spacial score (nSPS) is 10.2. The topological polar surface area (TPSA) is 88.5 Å². The van der Waals surface area contributed by atoms with Gasteiger partial charge in [-0.1, -0.05) is 0 Å². The zero-order chi connectivity index (χ0) is 13.0. The van der Waals surface area contributed by atoms with E-state index in [9.17, 15) is 9.90 Å². The lowest BCUT2D eigenvalue weighted by Crippen LogP contribution is -2.26. The molecule has 2 aromatic rings. The van der Waals surface area contributed by atoms with Crippen molar-refractivity contribution in [2.24, 2.45) is 0 Å². The molecule has 1 amide bonds. The maximum Gasteiger partial charge on any atom is 0.253 e. The first-order chi connectivity index (χ1) is 8.66. The zero-order valence-corrected chi connectivity index (χ0v) is 9.72. The van der Waals surface area contributed by atoms with Gasteiger partial charge in [0.15, 0.2) is 0 Å². The smallest absolute Gasteiger partial charge is 0.253 e. The first-order valence-corrected chi connectivity index (χ1v) is 5.56. The van der Waals surface area contributed by atoms with Crippen LogP contribution in [0.5, 0.6) is 5.75 Å². The molecule has 1 aromatic heterocycles. The predicted molar refractivity (Wildman–Crippen MR) is 67.3 cm³/mol. The Balaban J connectivity index is 1.93. The average Bonchev–Trinajstić information content (AvgIpc) is 2.85. The first-order valence-electron chi connectivity index (χ1n) is 5.56. The Hall–Kier alpha value is -2.43. The van der Waals surface area contributed by atoms with Crippen LogP contribution in [0.3, 0.4) is 0 Å². The third kappa shape index (κ3) is 2.82. The van der Waals surface area contributed by atoms with E-state index >= 15 is 0 Å². The highest BCUT2D eigenvalue weighted by molar-refractivity contribution is 5.99. The van der Waals surface area contributed by atoms with E-state index in [-0.39, 0.29) is 17.2 Å². The molecule has 5 heteroatoms. The summed E-state index contributed by atoms with van der Waals surface area (Å²) in [5.41, 5.74) is 6.28. The molecule has 0 aliphatic heterocycles. The predicted octanol–water partition coefficient (Wildman–Crippen LogP) is 1.54. The van der Waals surface area contributed by atoms with E-state index in [1.807, 2.05) is 6.07 Å². The Bertz CT molecular complexity index is 535. The fourth-order valence-electron chi connectivity index (χ4n) is 1.59. The van der Waals surface area contributed by atoms with Crippen molar-refractivity contribution in [1.82, 2.24) is 5.32 Å². The highest BCUT2D eigenvalue weighted by Gasteiger charge is 2.10. The largest absolute Gasteiger partial charge is 0.508 e. The van der Waals surface area contributed by atoms with Crippen LogP contribution in [-0.2, 0) is 6.42 Å². The minimum Gasteiger partial charge on any atom is -0.508 e. The van der Waals surface area contributed by atoms with Crippen LogP contribution in [0.2, 0.25) is 0 Å². The molecule has 2 rings (SSSR count). The summed E-state index contributed by atoms with van der Waals surface area (Å²) in [4.78, 5) is 11.8. The number of phenolic OH excluding ortho intramolecular Hbond substituents is 1. The molecule has 0 fully saturated rings. The third-order valence-corrected chi connectivity index (χ3v) is 2.52. The van der Waals surface area contributed by atoms with E-state index < -0.39 is 0 Å². The van der Waals surface area contributed by atoms with Gasteiger partial charge in [0.05, 0.1) is 11.8 Å². The van der Waals surface area contributed by atoms with Crippen molar-refractivity contribution in [2.45, 2.75) is 6.42 Å². The van der Waals surface area contributed by atoms with Gasteiger partial charge in [-0.3, -0.25) is 4.79 Å². The van der Waals surface area contributed by atoms with Crippen LogP contribution in [-0.4, -0.2) is 17.6 Å². The summed E-state index contributed by atoms with van der Waals surface area (Å²) in [5, 5.41) is 12.0. The van der Waals surface area contributed by atoms with Crippen molar-refractivity contribution in [3.8, 4) is 5.75 Å². The van der Waals surface area contributed by atoms with Gasteiger partial charge in [0.1, 0.15) is 11.5 Å². The van der Waals surface area contributed by atoms with Crippen LogP contribution in [0, 0.1) is 0 Å². The van der Waals surface area contributed by atoms with Gasteiger partial charge in [-0.15, -0.1) is 0 Å². The van der Waals surface area contributed by atoms with Gasteiger partial charge in [-0.2, -0.15) is 0 Å². The number of nitrogens with two attached hydrogens (primary N) is 1. The molecule has 0 aliphatic carbocycles. The van der Waals surface area contributed by atoms with Crippen LogP contribution >= 0.6 is 0 Å². The number of anilines is 1. The van der Waals surface area contributed by atoms with Crippen molar-refractivity contribution in [1.29, 1.82) is 0 Å². The summed E-state index contributed by atoms with van der Waals surface area (Å²) >= 11 is 0. The Kier molecular flexibility index (Phi) is 3.52. The van der Waals surface area contributed by atoms with Gasteiger partial charge in [0.25, 0.3) is 5.91 Å². The summed E-state index contributed by atoms with van der Waals surface area (Å²) < 4.78 is 5.15. The van der Waals surface area contributed by atoms with E-state index in [4.69, 9.17) is 10.2 Å². The lowest BCUT2D eigenvalue weighted by Gasteiger charge is -2.07. The van der Waals surface area contributed by atoms with E-state index in [2.05, 4.69) is 5.32 Å². The molecule has 0 aliphatic rings. The molecular formula is C13H14N2O3. The molecule has 0 saturated heterocycles. The highest BCUT2D eigenvalue weighted by atomic mass is 16.3. The van der Waals surface area contributed by atoms with Gasteiger partial charge < -0.3 is 20.6 Å². The second-order valence-electron chi connectivity index (χ2n) is 3.86. The number of amides is 1. The SMILES string of the molecule is Nc1ccc(O)cc1C(=O)NCCc1ccco1. The number of hydrogen-bond acceptors (Lipinski definition) is 4. The first kappa shape index (κ1) is 12.0. The number of benzene rings is 1. The highest BCUT2D eigenvalue weighted by Crippen LogP contribution is 2.18. The zero-order valence-electron chi connectivity index (χ0n) is 9.72. The monoisotopic (exact) mass is 246 g/mol. The van der Waals surface area contributed by atoms with Gasteiger partial charge in [0, 0.05) is 18.7 Å². The van der Waals surface area contributed by atoms with Crippen LogP contribution < -0.4 is 11.1 Å². The number of carbonyl (C=O) groups excluding carboxylic acids is 1. The third-order valence-electron chi connectivity index (χ3n) is 2.52. The Labute approximate surface area is 104 Å². The summed E-state index contributed by atoms with van der Waals surface area (Å²) in [6, 6.07) is 7.92. The molecule has 0 unspecified atom stereocenters. The maximum absolute atomic E-state index is 11.8. The molecule has 0 radical (unpaired) electrons. The standard InChI is InChI=1S/C13H14N2O3/c14-12-4-3-9(16)8-11(12)13(17)15-6-5-10-2-1-7-18-10/h1-4,7-8,16H,5-6,14H2,(H,15,17). The number of rotatable bonds is 4. The summed E-state index contributed by atoms with van der Waals surface area (Å²) in [6.45, 7) is 0.446. The van der Waals surface area contributed by atoms with Crippen molar-refractivity contribution >= 4 is 11.6 Å². The number of aromatic hydroxyl groups is 1. The fourth-order valence-corrected chi connectivity index (χ4v) is 1.59. The number of furan rings is 1. The van der Waals surface area contributed by atoms with Crippen LogP contribution in [0.15, 0.2) is 41.0 Å². The molecule has 0 atom stereocenters. The number of nitrogens with one attached hydrogen (secondary N) is 1. The molecule has 0 saturated carbocycles. The van der Waals surface area contributed by atoms with Crippen molar-refractivity contribution in [3.63, 3.8) is 0 Å². The Morgan fingerprint density at radius 1 is 1.39 bits per heavy atom.